The number of hydrogen-bond donors (Lipinski definition) is 1. The van der Waals surface area contributed by atoms with E-state index in [2.05, 4.69) is 26.1 Å². The van der Waals surface area contributed by atoms with Crippen LogP contribution in [0.4, 0.5) is 0 Å². The summed E-state index contributed by atoms with van der Waals surface area (Å²) in [4.78, 5) is 12.7. The molecule has 0 aliphatic rings. The monoisotopic (exact) mass is 357 g/mol. The SMILES string of the molecule is CC(C)(C)N(CC(=O)O)Cc1nnc(-c2ccc(Br)o2)o1. The second-order valence-corrected chi connectivity index (χ2v) is 6.31. The number of furan rings is 1. The number of nitrogens with zero attached hydrogens (tertiary/aromatic N) is 3. The third-order valence-corrected chi connectivity index (χ3v) is 3.28. The molecule has 21 heavy (non-hydrogen) atoms. The smallest absolute Gasteiger partial charge is 0.317 e. The molecule has 0 unspecified atom stereocenters. The molecule has 0 radical (unpaired) electrons. The Bertz CT molecular complexity index is 629. The normalized spacial score (nSPS) is 12.0. The zero-order chi connectivity index (χ0) is 15.6. The van der Waals surface area contributed by atoms with Crippen LogP contribution in [0.3, 0.4) is 0 Å². The summed E-state index contributed by atoms with van der Waals surface area (Å²) >= 11 is 3.20. The van der Waals surface area contributed by atoms with Crippen molar-refractivity contribution in [3.8, 4) is 11.7 Å². The van der Waals surface area contributed by atoms with Gasteiger partial charge in [0.25, 0.3) is 5.89 Å². The molecule has 2 aromatic rings. The van der Waals surface area contributed by atoms with Gasteiger partial charge in [0.1, 0.15) is 0 Å². The maximum Gasteiger partial charge on any atom is 0.317 e. The Morgan fingerprint density at radius 3 is 2.57 bits per heavy atom. The quantitative estimate of drug-likeness (QED) is 0.878. The minimum Gasteiger partial charge on any atom is -0.480 e. The summed E-state index contributed by atoms with van der Waals surface area (Å²) in [5.41, 5.74) is -0.333. The first-order chi connectivity index (χ1) is 9.75. The Kier molecular flexibility index (Phi) is 4.48. The van der Waals surface area contributed by atoms with Gasteiger partial charge in [-0.05, 0) is 48.8 Å². The lowest BCUT2D eigenvalue weighted by atomic mass is 10.1. The highest BCUT2D eigenvalue weighted by molar-refractivity contribution is 9.10. The minimum absolute atomic E-state index is 0.104. The molecule has 2 heterocycles. The number of carbonyl (C=O) groups is 1. The van der Waals surface area contributed by atoms with Crippen LogP contribution in [0.25, 0.3) is 11.7 Å². The first kappa shape index (κ1) is 15.7. The highest BCUT2D eigenvalue weighted by atomic mass is 79.9. The van der Waals surface area contributed by atoms with Gasteiger partial charge in [-0.25, -0.2) is 0 Å². The summed E-state index contributed by atoms with van der Waals surface area (Å²) in [7, 11) is 0. The van der Waals surface area contributed by atoms with E-state index in [1.807, 2.05) is 20.8 Å². The molecule has 0 atom stereocenters. The highest BCUT2D eigenvalue weighted by Gasteiger charge is 2.26. The molecule has 1 N–H and O–H groups in total. The second-order valence-electron chi connectivity index (χ2n) is 5.53. The van der Waals surface area contributed by atoms with E-state index in [1.165, 1.54) is 0 Å². The van der Waals surface area contributed by atoms with E-state index in [0.29, 0.717) is 16.3 Å². The fourth-order valence-corrected chi connectivity index (χ4v) is 2.01. The third kappa shape index (κ3) is 4.15. The zero-order valence-electron chi connectivity index (χ0n) is 12.0. The van der Waals surface area contributed by atoms with Crippen molar-refractivity contribution in [3.63, 3.8) is 0 Å². The number of carboxylic acid groups (broad SMARTS) is 1. The fourth-order valence-electron chi connectivity index (χ4n) is 1.70. The number of aromatic nitrogens is 2. The molecule has 2 rings (SSSR count). The first-order valence-corrected chi connectivity index (χ1v) is 7.10. The molecule has 0 aliphatic carbocycles. The Morgan fingerprint density at radius 1 is 1.33 bits per heavy atom. The predicted molar refractivity (Wildman–Crippen MR) is 77.5 cm³/mol. The van der Waals surface area contributed by atoms with E-state index < -0.39 is 5.97 Å². The van der Waals surface area contributed by atoms with Gasteiger partial charge in [-0.3, -0.25) is 9.69 Å². The van der Waals surface area contributed by atoms with Crippen molar-refractivity contribution in [2.45, 2.75) is 32.9 Å². The number of rotatable bonds is 5. The molecule has 0 bridgehead atoms. The van der Waals surface area contributed by atoms with Crippen molar-refractivity contribution in [2.24, 2.45) is 0 Å². The average Bonchev–Trinajstić information content (AvgIpc) is 2.95. The van der Waals surface area contributed by atoms with Crippen LogP contribution in [0.15, 0.2) is 25.6 Å². The van der Waals surface area contributed by atoms with Crippen LogP contribution in [-0.2, 0) is 11.3 Å². The Hall–Kier alpha value is -1.67. The van der Waals surface area contributed by atoms with Gasteiger partial charge in [0, 0.05) is 5.54 Å². The van der Waals surface area contributed by atoms with Gasteiger partial charge in [-0.15, -0.1) is 10.2 Å². The molecule has 2 aromatic heterocycles. The van der Waals surface area contributed by atoms with Crippen molar-refractivity contribution < 1.29 is 18.7 Å². The molecular weight excluding hydrogens is 342 g/mol. The summed E-state index contributed by atoms with van der Waals surface area (Å²) in [6.07, 6.45) is 0. The van der Waals surface area contributed by atoms with Crippen LogP contribution in [-0.4, -0.2) is 38.3 Å². The summed E-state index contributed by atoms with van der Waals surface area (Å²) in [5, 5.41) is 16.8. The molecule has 114 valence electrons. The fraction of sp³-hybridized carbons (Fsp3) is 0.462. The molecule has 0 amide bonds. The molecule has 0 spiro atoms. The largest absolute Gasteiger partial charge is 0.480 e. The molecule has 0 saturated heterocycles. The van der Waals surface area contributed by atoms with Gasteiger partial charge in [-0.2, -0.15) is 0 Å². The standard InChI is InChI=1S/C13H16BrN3O4/c1-13(2,3)17(7-11(18)19)6-10-15-16-12(21-10)8-4-5-9(14)20-8/h4-5H,6-7H2,1-3H3,(H,18,19). The van der Waals surface area contributed by atoms with E-state index in [9.17, 15) is 4.79 Å². The van der Waals surface area contributed by atoms with Crippen LogP contribution in [0.5, 0.6) is 0 Å². The number of aliphatic carboxylic acids is 1. The van der Waals surface area contributed by atoms with Crippen LogP contribution >= 0.6 is 15.9 Å². The summed E-state index contributed by atoms with van der Waals surface area (Å²) in [5.74, 6) is 0.161. The van der Waals surface area contributed by atoms with Crippen molar-refractivity contribution >= 4 is 21.9 Å². The molecular formula is C13H16BrN3O4. The van der Waals surface area contributed by atoms with Gasteiger partial charge in [0.15, 0.2) is 10.4 Å². The van der Waals surface area contributed by atoms with Crippen molar-refractivity contribution in [1.82, 2.24) is 15.1 Å². The summed E-state index contributed by atoms with van der Waals surface area (Å²) in [6.45, 7) is 5.93. The minimum atomic E-state index is -0.903. The third-order valence-electron chi connectivity index (χ3n) is 2.85. The van der Waals surface area contributed by atoms with Crippen LogP contribution in [0.1, 0.15) is 26.7 Å². The Labute approximate surface area is 130 Å². The molecule has 7 nitrogen and oxygen atoms in total. The topological polar surface area (TPSA) is 92.6 Å². The lowest BCUT2D eigenvalue weighted by Gasteiger charge is -2.32. The van der Waals surface area contributed by atoms with Crippen LogP contribution < -0.4 is 0 Å². The van der Waals surface area contributed by atoms with Gasteiger partial charge in [-0.1, -0.05) is 0 Å². The second kappa shape index (κ2) is 5.98. The number of hydrogen-bond acceptors (Lipinski definition) is 6. The molecule has 0 aromatic carbocycles. The predicted octanol–water partition coefficient (Wildman–Crippen LogP) is 2.78. The van der Waals surface area contributed by atoms with Crippen molar-refractivity contribution in [2.75, 3.05) is 6.54 Å². The Morgan fingerprint density at radius 2 is 2.05 bits per heavy atom. The first-order valence-electron chi connectivity index (χ1n) is 6.30. The van der Waals surface area contributed by atoms with E-state index in [0.717, 1.165) is 0 Å². The molecule has 0 fully saturated rings. The maximum atomic E-state index is 10.9. The Balaban J connectivity index is 2.15. The summed E-state index contributed by atoms with van der Waals surface area (Å²) < 4.78 is 11.4. The van der Waals surface area contributed by atoms with Gasteiger partial charge < -0.3 is 13.9 Å². The summed E-state index contributed by atoms with van der Waals surface area (Å²) in [6, 6.07) is 3.44. The van der Waals surface area contributed by atoms with Crippen LogP contribution in [0, 0.1) is 0 Å². The maximum absolute atomic E-state index is 10.9. The van der Waals surface area contributed by atoms with Crippen molar-refractivity contribution in [3.05, 3.63) is 22.7 Å². The average molecular weight is 358 g/mol. The van der Waals surface area contributed by atoms with E-state index in [1.54, 1.807) is 17.0 Å². The van der Waals surface area contributed by atoms with Gasteiger partial charge in [0.05, 0.1) is 13.1 Å². The zero-order valence-corrected chi connectivity index (χ0v) is 13.5. The molecule has 0 saturated carbocycles. The molecule has 0 aliphatic heterocycles. The van der Waals surface area contributed by atoms with E-state index in [4.69, 9.17) is 13.9 Å². The lowest BCUT2D eigenvalue weighted by molar-refractivity contribution is -0.140. The number of carboxylic acids is 1. The lowest BCUT2D eigenvalue weighted by Crippen LogP contribution is -2.43. The van der Waals surface area contributed by atoms with E-state index in [-0.39, 0.29) is 24.5 Å². The van der Waals surface area contributed by atoms with E-state index >= 15 is 0 Å². The van der Waals surface area contributed by atoms with Gasteiger partial charge in [0.2, 0.25) is 5.89 Å². The van der Waals surface area contributed by atoms with Gasteiger partial charge >= 0.3 is 5.97 Å². The highest BCUT2D eigenvalue weighted by Crippen LogP contribution is 2.24. The van der Waals surface area contributed by atoms with Crippen molar-refractivity contribution in [1.29, 1.82) is 0 Å². The number of halogens is 1. The molecule has 8 heteroatoms. The van der Waals surface area contributed by atoms with Crippen LogP contribution in [0.2, 0.25) is 0 Å².